The van der Waals surface area contributed by atoms with Gasteiger partial charge in [-0.25, -0.2) is 19.7 Å². The number of rotatable bonds is 6. The molecule has 1 aliphatic carbocycles. The molecule has 0 spiro atoms. The Morgan fingerprint density at radius 3 is 2.50 bits per heavy atom. The summed E-state index contributed by atoms with van der Waals surface area (Å²) in [4.78, 5) is 39.2. The van der Waals surface area contributed by atoms with E-state index in [0.717, 1.165) is 30.8 Å². The van der Waals surface area contributed by atoms with Crippen molar-refractivity contribution in [1.82, 2.24) is 19.9 Å². The van der Waals surface area contributed by atoms with Crippen LogP contribution in [0.15, 0.2) is 30.7 Å². The maximum atomic E-state index is 13.0. The normalized spacial score (nSPS) is 19.1. The highest BCUT2D eigenvalue weighted by atomic mass is 19.4. The maximum Gasteiger partial charge on any atom is 0.451 e. The first-order chi connectivity index (χ1) is 15.1. The molecule has 4 rings (SSSR count). The highest BCUT2D eigenvalue weighted by Gasteiger charge is 2.41. The third kappa shape index (κ3) is 4.66. The van der Waals surface area contributed by atoms with Crippen LogP contribution in [0.4, 0.5) is 29.5 Å². The molecule has 170 valence electrons. The van der Waals surface area contributed by atoms with Crippen LogP contribution in [0.2, 0.25) is 0 Å². The molecule has 1 saturated heterocycles. The van der Waals surface area contributed by atoms with Crippen molar-refractivity contribution in [3.05, 3.63) is 42.1 Å². The molecule has 8 nitrogen and oxygen atoms in total. The van der Waals surface area contributed by atoms with Gasteiger partial charge in [-0.15, -0.1) is 0 Å². The van der Waals surface area contributed by atoms with Crippen LogP contribution in [0.5, 0.6) is 0 Å². The summed E-state index contributed by atoms with van der Waals surface area (Å²) in [6.07, 6.45) is 1.18. The van der Waals surface area contributed by atoms with Gasteiger partial charge in [-0.3, -0.25) is 9.69 Å². The highest BCUT2D eigenvalue weighted by Crippen LogP contribution is 2.40. The molecule has 1 N–H and O–H groups in total. The number of hydrogen-bond acceptors (Lipinski definition) is 5. The number of carbonyl (C=O) groups excluding carboxylic acids is 2. The molecule has 0 bridgehead atoms. The van der Waals surface area contributed by atoms with E-state index in [-0.39, 0.29) is 30.7 Å². The molecule has 0 radical (unpaired) electrons. The lowest BCUT2D eigenvalue weighted by atomic mass is 10.0. The van der Waals surface area contributed by atoms with E-state index in [1.54, 1.807) is 6.20 Å². The van der Waals surface area contributed by atoms with E-state index in [1.807, 2.05) is 26.0 Å². The molecule has 1 atom stereocenters. The van der Waals surface area contributed by atoms with Gasteiger partial charge in [0.2, 0.25) is 11.7 Å². The molecule has 3 amide bonds. The molecule has 2 aromatic rings. The summed E-state index contributed by atoms with van der Waals surface area (Å²) in [5.41, 5.74) is 1.27. The quantitative estimate of drug-likeness (QED) is 0.728. The van der Waals surface area contributed by atoms with Crippen molar-refractivity contribution >= 4 is 23.4 Å². The zero-order valence-corrected chi connectivity index (χ0v) is 17.6. The predicted molar refractivity (Wildman–Crippen MR) is 110 cm³/mol. The first kappa shape index (κ1) is 22.0. The van der Waals surface area contributed by atoms with Crippen molar-refractivity contribution in [2.45, 2.75) is 44.8 Å². The smallest absolute Gasteiger partial charge is 0.310 e. The third-order valence-electron chi connectivity index (χ3n) is 5.63. The summed E-state index contributed by atoms with van der Waals surface area (Å²) < 4.78 is 38.2. The van der Waals surface area contributed by atoms with Gasteiger partial charge in [0.1, 0.15) is 12.4 Å². The molecule has 2 aliphatic rings. The largest absolute Gasteiger partial charge is 0.451 e. The number of carbonyl (C=O) groups is 2. The van der Waals surface area contributed by atoms with E-state index in [2.05, 4.69) is 20.3 Å². The monoisotopic (exact) mass is 448 g/mol. The van der Waals surface area contributed by atoms with Crippen LogP contribution in [-0.2, 0) is 11.0 Å². The molecule has 1 saturated carbocycles. The summed E-state index contributed by atoms with van der Waals surface area (Å²) in [6, 6.07) is 2.98. The van der Waals surface area contributed by atoms with Crippen LogP contribution in [0.1, 0.15) is 44.0 Å². The van der Waals surface area contributed by atoms with Crippen molar-refractivity contribution < 1.29 is 22.8 Å². The molecule has 32 heavy (non-hydrogen) atoms. The van der Waals surface area contributed by atoms with Gasteiger partial charge < -0.3 is 10.2 Å². The van der Waals surface area contributed by atoms with Crippen molar-refractivity contribution in [3.8, 4) is 0 Å². The first-order valence-electron chi connectivity index (χ1n) is 10.4. The van der Waals surface area contributed by atoms with Gasteiger partial charge in [-0.2, -0.15) is 13.2 Å². The SMILES string of the molecule is CC(C)[C@H]1CN(c2cnc(C(F)(F)F)nc2)C(=O)N1CC(=O)Nc1cc(C2CC2)ccn1. The van der Waals surface area contributed by atoms with Crippen LogP contribution < -0.4 is 10.2 Å². The average molecular weight is 448 g/mol. The molecule has 1 aliphatic heterocycles. The molecule has 11 heteroatoms. The van der Waals surface area contributed by atoms with Gasteiger partial charge in [-0.1, -0.05) is 13.8 Å². The number of amides is 3. The van der Waals surface area contributed by atoms with Crippen LogP contribution in [0.3, 0.4) is 0 Å². The second-order valence-electron chi connectivity index (χ2n) is 8.39. The van der Waals surface area contributed by atoms with Crippen molar-refractivity contribution in [3.63, 3.8) is 0 Å². The highest BCUT2D eigenvalue weighted by molar-refractivity contribution is 5.99. The number of halogens is 3. The topological polar surface area (TPSA) is 91.3 Å². The standard InChI is InChI=1S/C21H23F3N6O2/c1-12(2)16-10-29(15-8-26-19(27-9-15)21(22,23)24)20(32)30(16)11-18(31)28-17-7-14(5-6-25-17)13-3-4-13/h5-9,12-13,16H,3-4,10-11H2,1-2H3,(H,25,28,31)/t16-/m1/s1. The third-order valence-corrected chi connectivity index (χ3v) is 5.63. The van der Waals surface area contributed by atoms with E-state index in [9.17, 15) is 22.8 Å². The fourth-order valence-electron chi connectivity index (χ4n) is 3.76. The number of aromatic nitrogens is 3. The minimum absolute atomic E-state index is 0.0171. The summed E-state index contributed by atoms with van der Waals surface area (Å²) in [5, 5.41) is 2.74. The van der Waals surface area contributed by atoms with Gasteiger partial charge in [0.15, 0.2) is 0 Å². The van der Waals surface area contributed by atoms with Crippen molar-refractivity contribution in [2.75, 3.05) is 23.3 Å². The molecular formula is C21H23F3N6O2. The van der Waals surface area contributed by atoms with Crippen LogP contribution in [0.25, 0.3) is 0 Å². The Labute approximate surface area is 182 Å². The fraction of sp³-hybridized carbons (Fsp3) is 0.476. The van der Waals surface area contributed by atoms with E-state index >= 15 is 0 Å². The van der Waals surface area contributed by atoms with Gasteiger partial charge in [-0.05, 0) is 42.4 Å². The number of pyridine rings is 1. The maximum absolute atomic E-state index is 13.0. The summed E-state index contributed by atoms with van der Waals surface area (Å²) in [6.45, 7) is 3.84. The Bertz CT molecular complexity index is 1010. The van der Waals surface area contributed by atoms with Gasteiger partial charge in [0.05, 0.1) is 24.1 Å². The van der Waals surface area contributed by atoms with Crippen molar-refractivity contribution in [2.24, 2.45) is 5.92 Å². The zero-order valence-electron chi connectivity index (χ0n) is 17.6. The molecule has 0 aromatic carbocycles. The zero-order chi connectivity index (χ0) is 23.0. The fourth-order valence-corrected chi connectivity index (χ4v) is 3.76. The molecule has 2 fully saturated rings. The number of alkyl halides is 3. The Balaban J connectivity index is 1.47. The Morgan fingerprint density at radius 2 is 1.91 bits per heavy atom. The molecule has 2 aromatic heterocycles. The van der Waals surface area contributed by atoms with Gasteiger partial charge in [0, 0.05) is 12.7 Å². The minimum Gasteiger partial charge on any atom is -0.310 e. The van der Waals surface area contributed by atoms with Crippen LogP contribution in [-0.4, -0.2) is 50.9 Å². The second kappa shape index (κ2) is 8.36. The van der Waals surface area contributed by atoms with E-state index in [0.29, 0.717) is 11.7 Å². The van der Waals surface area contributed by atoms with Crippen LogP contribution >= 0.6 is 0 Å². The predicted octanol–water partition coefficient (Wildman–Crippen LogP) is 3.67. The summed E-state index contributed by atoms with van der Waals surface area (Å²) in [7, 11) is 0. The van der Waals surface area contributed by atoms with E-state index in [4.69, 9.17) is 0 Å². The average Bonchev–Trinajstić information content (AvgIpc) is 3.53. The van der Waals surface area contributed by atoms with Crippen LogP contribution in [0, 0.1) is 5.92 Å². The lowest BCUT2D eigenvalue weighted by molar-refractivity contribution is -0.145. The molecular weight excluding hydrogens is 425 g/mol. The Kier molecular flexibility index (Phi) is 5.74. The number of hydrogen-bond donors (Lipinski definition) is 1. The Hall–Kier alpha value is -3.24. The summed E-state index contributed by atoms with van der Waals surface area (Å²) >= 11 is 0. The van der Waals surface area contributed by atoms with Crippen molar-refractivity contribution in [1.29, 1.82) is 0 Å². The van der Waals surface area contributed by atoms with E-state index < -0.39 is 23.9 Å². The Morgan fingerprint density at radius 1 is 1.22 bits per heavy atom. The lowest BCUT2D eigenvalue weighted by Crippen LogP contribution is -2.42. The second-order valence-corrected chi connectivity index (χ2v) is 8.39. The summed E-state index contributed by atoms with van der Waals surface area (Å²) in [5.74, 6) is -0.706. The number of anilines is 2. The van der Waals surface area contributed by atoms with Gasteiger partial charge in [0.25, 0.3) is 0 Å². The number of nitrogens with one attached hydrogen (secondary N) is 1. The first-order valence-corrected chi connectivity index (χ1v) is 10.4. The van der Waals surface area contributed by atoms with E-state index in [1.165, 1.54) is 9.80 Å². The molecule has 0 unspecified atom stereocenters. The molecule has 3 heterocycles. The lowest BCUT2D eigenvalue weighted by Gasteiger charge is -2.25. The van der Waals surface area contributed by atoms with Gasteiger partial charge >= 0.3 is 12.2 Å². The minimum atomic E-state index is -4.66. The number of nitrogens with zero attached hydrogens (tertiary/aromatic N) is 5. The number of urea groups is 1.